The van der Waals surface area contributed by atoms with Gasteiger partial charge in [0, 0.05) is 19.2 Å². The van der Waals surface area contributed by atoms with E-state index in [9.17, 15) is 13.2 Å². The van der Waals surface area contributed by atoms with Crippen LogP contribution in [0.15, 0.2) is 59.5 Å². The van der Waals surface area contributed by atoms with E-state index in [0.717, 1.165) is 0 Å². The summed E-state index contributed by atoms with van der Waals surface area (Å²) in [7, 11) is -1.82. The van der Waals surface area contributed by atoms with Crippen LogP contribution in [-0.4, -0.2) is 39.4 Å². The summed E-state index contributed by atoms with van der Waals surface area (Å²) in [6, 6.07) is 15.1. The van der Waals surface area contributed by atoms with Crippen LogP contribution in [0.2, 0.25) is 0 Å². The molecule has 0 unspecified atom stereocenters. The van der Waals surface area contributed by atoms with Crippen molar-refractivity contribution in [1.29, 1.82) is 0 Å². The molecule has 0 atom stereocenters. The molecule has 0 radical (unpaired) electrons. The van der Waals surface area contributed by atoms with E-state index >= 15 is 0 Å². The molecular formula is C20H26N2O3S. The van der Waals surface area contributed by atoms with Gasteiger partial charge >= 0.3 is 0 Å². The monoisotopic (exact) mass is 374 g/mol. The van der Waals surface area contributed by atoms with Gasteiger partial charge < -0.3 is 10.6 Å². The minimum Gasteiger partial charge on any atom is -0.341 e. The fourth-order valence-electron chi connectivity index (χ4n) is 2.75. The van der Waals surface area contributed by atoms with E-state index in [1.807, 2.05) is 13.8 Å². The molecule has 0 saturated heterocycles. The highest BCUT2D eigenvalue weighted by Crippen LogP contribution is 2.21. The second-order valence-corrected chi connectivity index (χ2v) is 9.25. The number of benzene rings is 2. The lowest BCUT2D eigenvalue weighted by molar-refractivity contribution is 0.0740. The van der Waals surface area contributed by atoms with E-state index in [4.69, 9.17) is 5.73 Å². The van der Waals surface area contributed by atoms with Crippen LogP contribution in [-0.2, 0) is 15.6 Å². The molecule has 6 heteroatoms. The third kappa shape index (κ3) is 4.93. The molecule has 2 rings (SSSR count). The predicted molar refractivity (Wildman–Crippen MR) is 104 cm³/mol. The number of hydrogen-bond donors (Lipinski definition) is 1. The van der Waals surface area contributed by atoms with Gasteiger partial charge in [-0.1, -0.05) is 50.2 Å². The Bertz CT molecular complexity index is 862. The lowest BCUT2D eigenvalue weighted by atomic mass is 9.93. The van der Waals surface area contributed by atoms with E-state index < -0.39 is 9.84 Å². The van der Waals surface area contributed by atoms with Crippen LogP contribution in [0.25, 0.3) is 0 Å². The van der Waals surface area contributed by atoms with Gasteiger partial charge in [0.05, 0.1) is 10.6 Å². The van der Waals surface area contributed by atoms with Crippen molar-refractivity contribution in [3.05, 3.63) is 65.7 Å². The smallest absolute Gasteiger partial charge is 0.253 e. The maximum Gasteiger partial charge on any atom is 0.253 e. The molecule has 2 aromatic rings. The Morgan fingerprint density at radius 3 is 2.23 bits per heavy atom. The molecule has 140 valence electrons. The first kappa shape index (κ1) is 20.1. The maximum atomic E-state index is 12.9. The molecule has 5 nitrogen and oxygen atoms in total. The van der Waals surface area contributed by atoms with Crippen LogP contribution >= 0.6 is 0 Å². The molecule has 2 aromatic carbocycles. The van der Waals surface area contributed by atoms with E-state index in [0.29, 0.717) is 24.2 Å². The predicted octanol–water partition coefficient (Wildman–Crippen LogP) is 2.72. The van der Waals surface area contributed by atoms with Crippen LogP contribution in [0.5, 0.6) is 0 Å². The maximum absolute atomic E-state index is 12.9. The zero-order chi connectivity index (χ0) is 19.4. The van der Waals surface area contributed by atoms with E-state index in [-0.39, 0.29) is 22.0 Å². The normalized spacial score (nSPS) is 12.0. The number of amides is 1. The molecule has 0 aliphatic carbocycles. The minimum atomic E-state index is -3.53. The van der Waals surface area contributed by atoms with Gasteiger partial charge in [-0.05, 0) is 35.7 Å². The summed E-state index contributed by atoms with van der Waals surface area (Å²) >= 11 is 0. The second kappa shape index (κ2) is 8.01. The fourth-order valence-corrected chi connectivity index (χ4v) is 4.15. The van der Waals surface area contributed by atoms with Gasteiger partial charge in [-0.3, -0.25) is 4.79 Å². The lowest BCUT2D eigenvalue weighted by Gasteiger charge is -2.29. The summed E-state index contributed by atoms with van der Waals surface area (Å²) in [6.07, 6.45) is 0. The third-order valence-corrected chi connectivity index (χ3v) is 5.94. The molecule has 0 bridgehead atoms. The molecular weight excluding hydrogens is 348 g/mol. The molecule has 0 aliphatic heterocycles. The number of sulfone groups is 1. The van der Waals surface area contributed by atoms with Gasteiger partial charge in [0.1, 0.15) is 0 Å². The number of carbonyl (C=O) groups is 1. The lowest BCUT2D eigenvalue weighted by Crippen LogP contribution is -2.40. The van der Waals surface area contributed by atoms with Crippen molar-refractivity contribution in [2.24, 2.45) is 11.1 Å². The number of rotatable bonds is 7. The van der Waals surface area contributed by atoms with Crippen molar-refractivity contribution in [1.82, 2.24) is 4.90 Å². The zero-order valence-corrected chi connectivity index (χ0v) is 16.3. The third-order valence-electron chi connectivity index (χ3n) is 4.26. The number of carbonyl (C=O) groups excluding carboxylic acids is 1. The molecule has 2 N–H and O–H groups in total. The Morgan fingerprint density at radius 1 is 1.04 bits per heavy atom. The Labute approximate surface area is 155 Å². The average Bonchev–Trinajstić information content (AvgIpc) is 2.61. The Kier molecular flexibility index (Phi) is 6.21. The van der Waals surface area contributed by atoms with Gasteiger partial charge in [0.2, 0.25) is 0 Å². The SMILES string of the molecule is CN(CC(C)(C)CN)C(=O)c1ccccc1CS(=O)(=O)c1ccccc1. The zero-order valence-electron chi connectivity index (χ0n) is 15.5. The average molecular weight is 375 g/mol. The summed E-state index contributed by atoms with van der Waals surface area (Å²) < 4.78 is 25.4. The first-order valence-corrected chi connectivity index (χ1v) is 10.1. The largest absolute Gasteiger partial charge is 0.341 e. The summed E-state index contributed by atoms with van der Waals surface area (Å²) in [5.41, 5.74) is 6.44. The molecule has 26 heavy (non-hydrogen) atoms. The van der Waals surface area contributed by atoms with E-state index in [1.165, 1.54) is 0 Å². The van der Waals surface area contributed by atoms with Crippen molar-refractivity contribution in [2.45, 2.75) is 24.5 Å². The minimum absolute atomic E-state index is 0.203. The van der Waals surface area contributed by atoms with Gasteiger partial charge in [0.15, 0.2) is 9.84 Å². The number of hydrogen-bond acceptors (Lipinski definition) is 4. The van der Waals surface area contributed by atoms with Crippen LogP contribution in [0, 0.1) is 5.41 Å². The molecule has 0 spiro atoms. The summed E-state index contributed by atoms with van der Waals surface area (Å²) in [4.78, 5) is 14.7. The van der Waals surface area contributed by atoms with Gasteiger partial charge in [0.25, 0.3) is 5.91 Å². The van der Waals surface area contributed by atoms with Crippen molar-refractivity contribution in [3.63, 3.8) is 0 Å². The van der Waals surface area contributed by atoms with Gasteiger partial charge in [-0.15, -0.1) is 0 Å². The van der Waals surface area contributed by atoms with Crippen LogP contribution < -0.4 is 5.73 Å². The number of nitrogens with two attached hydrogens (primary N) is 1. The summed E-state index contributed by atoms with van der Waals surface area (Å²) in [6.45, 7) is 4.92. The van der Waals surface area contributed by atoms with Crippen molar-refractivity contribution < 1.29 is 13.2 Å². The molecule has 0 heterocycles. The highest BCUT2D eigenvalue weighted by Gasteiger charge is 2.25. The van der Waals surface area contributed by atoms with Crippen molar-refractivity contribution in [3.8, 4) is 0 Å². The fraction of sp³-hybridized carbons (Fsp3) is 0.350. The first-order valence-electron chi connectivity index (χ1n) is 8.47. The van der Waals surface area contributed by atoms with Gasteiger partial charge in [-0.2, -0.15) is 0 Å². The Morgan fingerprint density at radius 2 is 1.62 bits per heavy atom. The second-order valence-electron chi connectivity index (χ2n) is 7.26. The summed E-state index contributed by atoms with van der Waals surface area (Å²) in [5, 5.41) is 0. The van der Waals surface area contributed by atoms with Crippen LogP contribution in [0.3, 0.4) is 0 Å². The van der Waals surface area contributed by atoms with E-state index in [2.05, 4.69) is 0 Å². The van der Waals surface area contributed by atoms with Crippen molar-refractivity contribution in [2.75, 3.05) is 20.1 Å². The standard InChI is InChI=1S/C20H26N2O3S/c1-20(2,14-21)15-22(3)19(23)18-12-8-7-9-16(18)13-26(24,25)17-10-5-4-6-11-17/h4-12H,13-15,21H2,1-3H3. The molecule has 0 fully saturated rings. The Hall–Kier alpha value is -2.18. The van der Waals surface area contributed by atoms with E-state index in [1.54, 1.807) is 66.5 Å². The topological polar surface area (TPSA) is 80.5 Å². The molecule has 0 aliphatic rings. The highest BCUT2D eigenvalue weighted by atomic mass is 32.2. The molecule has 1 amide bonds. The van der Waals surface area contributed by atoms with Crippen LogP contribution in [0.4, 0.5) is 0 Å². The van der Waals surface area contributed by atoms with Crippen molar-refractivity contribution >= 4 is 15.7 Å². The Balaban J connectivity index is 2.29. The first-order chi connectivity index (χ1) is 12.2. The number of nitrogens with zero attached hydrogens (tertiary/aromatic N) is 1. The molecule has 0 saturated carbocycles. The highest BCUT2D eigenvalue weighted by molar-refractivity contribution is 7.90. The van der Waals surface area contributed by atoms with Crippen LogP contribution in [0.1, 0.15) is 29.8 Å². The molecule has 0 aromatic heterocycles. The van der Waals surface area contributed by atoms with Gasteiger partial charge in [-0.25, -0.2) is 8.42 Å². The summed E-state index contributed by atoms with van der Waals surface area (Å²) in [5.74, 6) is -0.419. The quantitative estimate of drug-likeness (QED) is 0.808.